The van der Waals surface area contributed by atoms with Gasteiger partial charge >= 0.3 is 0 Å². The summed E-state index contributed by atoms with van der Waals surface area (Å²) >= 11 is 0. The van der Waals surface area contributed by atoms with Crippen molar-refractivity contribution >= 4 is 49.0 Å². The Morgan fingerprint density at radius 1 is 0.857 bits per heavy atom. The number of pyridine rings is 2. The summed E-state index contributed by atoms with van der Waals surface area (Å²) in [5.41, 5.74) is 7.99. The molecule has 0 bridgehead atoms. The van der Waals surface area contributed by atoms with E-state index >= 15 is 0 Å². The van der Waals surface area contributed by atoms with Crippen LogP contribution in [0.5, 0.6) is 0 Å². The molecule has 0 amide bonds. The largest absolute Gasteiger partial charge is 0.303 e. The van der Waals surface area contributed by atoms with Crippen molar-refractivity contribution in [3.63, 3.8) is 0 Å². The fraction of sp³-hybridized carbons (Fsp3) is 0.192. The lowest BCUT2D eigenvalue weighted by atomic mass is 9.98. The quantitative estimate of drug-likeness (QED) is 0.185. The van der Waals surface area contributed by atoms with Crippen molar-refractivity contribution in [2.24, 2.45) is 7.05 Å². The van der Waals surface area contributed by atoms with Crippen LogP contribution in [0.4, 0.5) is 0 Å². The van der Waals surface area contributed by atoms with E-state index in [1.807, 2.05) is 0 Å². The molecule has 0 saturated heterocycles. The number of aryl methyl sites for hydroxylation is 2. The van der Waals surface area contributed by atoms with Gasteiger partial charge in [0.25, 0.3) is 0 Å². The second kappa shape index (κ2) is 5.23. The van der Waals surface area contributed by atoms with E-state index in [2.05, 4.69) is 97.6 Å². The highest BCUT2D eigenvalue weighted by molar-refractivity contribution is 6.25. The van der Waals surface area contributed by atoms with Gasteiger partial charge in [0.15, 0.2) is 6.20 Å². The average Bonchev–Trinajstić information content (AvgIpc) is 3.02. The molecule has 0 N–H and O–H groups in total. The van der Waals surface area contributed by atoms with E-state index in [4.69, 9.17) is 0 Å². The second-order valence-electron chi connectivity index (χ2n) is 8.44. The molecule has 0 aliphatic heterocycles. The minimum Gasteiger partial charge on any atom is -0.303 e. The molecular weight excluding hydrogens is 340 g/mol. The molecule has 0 saturated carbocycles. The van der Waals surface area contributed by atoms with Gasteiger partial charge in [-0.15, -0.1) is 0 Å². The molecule has 2 heteroatoms. The number of fused-ring (bicyclic) bond motifs is 5. The number of hydrogen-bond donors (Lipinski definition) is 0. The van der Waals surface area contributed by atoms with Crippen molar-refractivity contribution in [1.82, 2.24) is 4.40 Å². The van der Waals surface area contributed by atoms with Crippen LogP contribution in [-0.4, -0.2) is 4.40 Å². The number of hydrogen-bond acceptors (Lipinski definition) is 0. The number of nitrogens with zero attached hydrogens (tertiary/aromatic N) is 2. The lowest BCUT2D eigenvalue weighted by molar-refractivity contribution is -0.644. The van der Waals surface area contributed by atoms with Crippen LogP contribution in [0.2, 0.25) is 0 Å². The molecule has 0 aliphatic rings. The summed E-state index contributed by atoms with van der Waals surface area (Å²) in [5, 5.41) is 6.72. The van der Waals surface area contributed by atoms with Crippen molar-refractivity contribution in [2.75, 3.05) is 0 Å². The molecule has 0 atom stereocenters. The summed E-state index contributed by atoms with van der Waals surface area (Å²) in [7, 11) is 2.17. The van der Waals surface area contributed by atoms with E-state index in [0.29, 0.717) is 5.92 Å². The Bertz CT molecular complexity index is 1550. The molecule has 0 fully saturated rings. The summed E-state index contributed by atoms with van der Waals surface area (Å²) in [4.78, 5) is 0. The zero-order valence-corrected chi connectivity index (χ0v) is 16.7. The first-order chi connectivity index (χ1) is 13.6. The van der Waals surface area contributed by atoms with Gasteiger partial charge in [0.1, 0.15) is 12.6 Å². The minimum atomic E-state index is 0.514. The third-order valence-corrected chi connectivity index (χ3v) is 6.45. The molecule has 6 rings (SSSR count). The lowest BCUT2D eigenvalue weighted by Gasteiger charge is -2.13. The zero-order chi connectivity index (χ0) is 19.2. The van der Waals surface area contributed by atoms with E-state index in [-0.39, 0.29) is 0 Å². The van der Waals surface area contributed by atoms with Gasteiger partial charge in [-0.25, -0.2) is 0 Å². The Balaban J connectivity index is 2.06. The molecule has 3 heterocycles. The first-order valence-electron chi connectivity index (χ1n) is 10.1. The molecule has 0 unspecified atom stereocenters. The fourth-order valence-corrected chi connectivity index (χ4v) is 5.02. The molecule has 2 nitrogen and oxygen atoms in total. The van der Waals surface area contributed by atoms with Gasteiger partial charge < -0.3 is 4.40 Å². The number of benzene rings is 3. The molecule has 28 heavy (non-hydrogen) atoms. The molecule has 136 valence electrons. The SMILES string of the molecule is Cc1ccc2cccc3c2c1c1c2c(cc[n+]1C)c1ccc(C(C)C)cc1n32. The number of aromatic nitrogens is 2. The van der Waals surface area contributed by atoms with Crippen molar-refractivity contribution < 1.29 is 4.57 Å². The first-order valence-corrected chi connectivity index (χ1v) is 10.1. The Kier molecular flexibility index (Phi) is 2.97. The third kappa shape index (κ3) is 1.80. The Morgan fingerprint density at radius 3 is 2.54 bits per heavy atom. The van der Waals surface area contributed by atoms with Crippen LogP contribution in [0.3, 0.4) is 0 Å². The van der Waals surface area contributed by atoms with E-state index < -0.39 is 0 Å². The molecule has 0 aliphatic carbocycles. The first kappa shape index (κ1) is 15.9. The maximum absolute atomic E-state index is 2.50. The average molecular weight is 363 g/mol. The summed E-state index contributed by atoms with van der Waals surface area (Å²) in [6.45, 7) is 6.77. The van der Waals surface area contributed by atoms with E-state index in [9.17, 15) is 0 Å². The van der Waals surface area contributed by atoms with Gasteiger partial charge in [-0.05, 0) is 41.5 Å². The molecule has 3 aromatic carbocycles. The van der Waals surface area contributed by atoms with Gasteiger partial charge in [-0.3, -0.25) is 0 Å². The Labute approximate surface area is 164 Å². The highest BCUT2D eigenvalue weighted by atomic mass is 15.0. The van der Waals surface area contributed by atoms with Crippen molar-refractivity contribution in [3.05, 3.63) is 71.9 Å². The fourth-order valence-electron chi connectivity index (χ4n) is 5.02. The van der Waals surface area contributed by atoms with Gasteiger partial charge in [0.2, 0.25) is 5.52 Å². The predicted octanol–water partition coefficient (Wildman–Crippen LogP) is 6.25. The Morgan fingerprint density at radius 2 is 1.71 bits per heavy atom. The van der Waals surface area contributed by atoms with Crippen LogP contribution in [-0.2, 0) is 7.05 Å². The predicted molar refractivity (Wildman–Crippen MR) is 119 cm³/mol. The molecule has 6 aromatic rings. The van der Waals surface area contributed by atoms with Crippen LogP contribution >= 0.6 is 0 Å². The van der Waals surface area contributed by atoms with Crippen molar-refractivity contribution in [2.45, 2.75) is 26.7 Å². The summed E-state index contributed by atoms with van der Waals surface area (Å²) in [5.74, 6) is 0.514. The van der Waals surface area contributed by atoms with Crippen LogP contribution in [0, 0.1) is 6.92 Å². The molecule has 3 aromatic heterocycles. The normalized spacial score (nSPS) is 12.6. The van der Waals surface area contributed by atoms with E-state index in [0.717, 1.165) is 0 Å². The monoisotopic (exact) mass is 363 g/mol. The van der Waals surface area contributed by atoms with Crippen molar-refractivity contribution in [1.29, 1.82) is 0 Å². The lowest BCUT2D eigenvalue weighted by Crippen LogP contribution is -2.28. The van der Waals surface area contributed by atoms with Crippen LogP contribution in [0.25, 0.3) is 49.0 Å². The Hall–Kier alpha value is -3.13. The second-order valence-corrected chi connectivity index (χ2v) is 8.44. The van der Waals surface area contributed by atoms with Crippen LogP contribution in [0.1, 0.15) is 30.9 Å². The number of rotatable bonds is 1. The smallest absolute Gasteiger partial charge is 0.238 e. The maximum Gasteiger partial charge on any atom is 0.238 e. The maximum atomic E-state index is 2.50. The van der Waals surface area contributed by atoms with Gasteiger partial charge in [-0.1, -0.05) is 50.2 Å². The zero-order valence-electron chi connectivity index (χ0n) is 16.7. The van der Waals surface area contributed by atoms with Crippen LogP contribution < -0.4 is 4.57 Å². The summed E-state index contributed by atoms with van der Waals surface area (Å²) < 4.78 is 4.79. The third-order valence-electron chi connectivity index (χ3n) is 6.45. The summed E-state index contributed by atoms with van der Waals surface area (Å²) in [6, 6.07) is 20.5. The van der Waals surface area contributed by atoms with Gasteiger partial charge in [-0.2, -0.15) is 4.57 Å². The molecule has 0 spiro atoms. The highest BCUT2D eigenvalue weighted by Gasteiger charge is 2.24. The molecular formula is C26H23N2+. The van der Waals surface area contributed by atoms with Gasteiger partial charge in [0.05, 0.1) is 16.4 Å². The van der Waals surface area contributed by atoms with Crippen LogP contribution in [0.15, 0.2) is 60.8 Å². The topological polar surface area (TPSA) is 8.29 Å². The standard InChI is InChI=1S/C26H23N2/c1-15(2)18-10-11-19-20-12-13-27(4)26-23-16(3)8-9-17-6-5-7-21(24(17)23)28(25(20)26)22(19)14-18/h5-15H,1-4H3/q+1. The highest BCUT2D eigenvalue weighted by Crippen LogP contribution is 2.40. The van der Waals surface area contributed by atoms with Gasteiger partial charge in [0, 0.05) is 22.2 Å². The van der Waals surface area contributed by atoms with E-state index in [1.54, 1.807) is 0 Å². The minimum absolute atomic E-state index is 0.514. The summed E-state index contributed by atoms with van der Waals surface area (Å²) in [6.07, 6.45) is 2.21. The van der Waals surface area contributed by atoms with E-state index in [1.165, 1.54) is 60.1 Å². The molecule has 0 radical (unpaired) electrons. The van der Waals surface area contributed by atoms with Crippen molar-refractivity contribution in [3.8, 4) is 0 Å².